The molecule has 2 aromatic carbocycles. The third-order valence-corrected chi connectivity index (χ3v) is 7.55. The van der Waals surface area contributed by atoms with Gasteiger partial charge in [-0.25, -0.2) is 9.59 Å². The van der Waals surface area contributed by atoms with Crippen LogP contribution < -0.4 is 0 Å². The summed E-state index contributed by atoms with van der Waals surface area (Å²) < 4.78 is 11.3. The zero-order valence-corrected chi connectivity index (χ0v) is 20.9. The standard InChI is InChI=1S/C28H32N2O6/c1-27(2,3)36-26(34)30-14-8-13-28(24(31)32)17-29(15-23(28)30)25(33)35-16-22-20-11-6-4-9-18(20)19-10-5-7-12-21(19)22/h4-7,9-12,22-23H,8,13-17H2,1-3H3,(H,31,32)/t23-,28-/m0/s1. The molecular weight excluding hydrogens is 460 g/mol. The Labute approximate surface area is 210 Å². The van der Waals surface area contributed by atoms with Crippen LogP contribution in [0.4, 0.5) is 9.59 Å². The van der Waals surface area contributed by atoms with Gasteiger partial charge in [-0.2, -0.15) is 0 Å². The lowest BCUT2D eigenvalue weighted by atomic mass is 9.75. The molecular formula is C28H32N2O6. The Balaban J connectivity index is 1.33. The average Bonchev–Trinajstić information content (AvgIpc) is 3.39. The summed E-state index contributed by atoms with van der Waals surface area (Å²) in [7, 11) is 0. The molecule has 1 aliphatic carbocycles. The molecule has 2 atom stereocenters. The molecule has 0 aromatic heterocycles. The first kappa shape index (κ1) is 24.2. The number of carboxylic acids is 1. The molecule has 0 unspecified atom stereocenters. The number of hydrogen-bond acceptors (Lipinski definition) is 5. The average molecular weight is 493 g/mol. The van der Waals surface area contributed by atoms with Crippen LogP contribution in [0.25, 0.3) is 11.1 Å². The molecule has 36 heavy (non-hydrogen) atoms. The van der Waals surface area contributed by atoms with Crippen molar-refractivity contribution in [2.45, 2.75) is 51.2 Å². The summed E-state index contributed by atoms with van der Waals surface area (Å²) in [6.45, 7) is 5.98. The highest BCUT2D eigenvalue weighted by Gasteiger charge is 2.59. The van der Waals surface area contributed by atoms with Crippen LogP contribution in [-0.4, -0.2) is 70.9 Å². The van der Waals surface area contributed by atoms with E-state index in [0.29, 0.717) is 19.4 Å². The Morgan fingerprint density at radius 3 is 2.19 bits per heavy atom. The first-order chi connectivity index (χ1) is 17.1. The Hall–Kier alpha value is -3.55. The van der Waals surface area contributed by atoms with Gasteiger partial charge >= 0.3 is 18.2 Å². The summed E-state index contributed by atoms with van der Waals surface area (Å²) >= 11 is 0. The number of fused-ring (bicyclic) bond motifs is 4. The molecule has 2 saturated heterocycles. The summed E-state index contributed by atoms with van der Waals surface area (Å²) in [4.78, 5) is 41.5. The topological polar surface area (TPSA) is 96.4 Å². The van der Waals surface area contributed by atoms with Crippen molar-refractivity contribution in [3.05, 3.63) is 59.7 Å². The van der Waals surface area contributed by atoms with Gasteiger partial charge in [-0.3, -0.25) is 4.79 Å². The molecule has 0 radical (unpaired) electrons. The van der Waals surface area contributed by atoms with Crippen molar-refractivity contribution in [2.75, 3.05) is 26.2 Å². The molecule has 2 amide bonds. The number of benzene rings is 2. The predicted molar refractivity (Wildman–Crippen MR) is 133 cm³/mol. The fourth-order valence-corrected chi connectivity index (χ4v) is 5.94. The maximum atomic E-state index is 13.2. The van der Waals surface area contributed by atoms with E-state index in [1.807, 2.05) is 24.3 Å². The smallest absolute Gasteiger partial charge is 0.410 e. The molecule has 8 nitrogen and oxygen atoms in total. The van der Waals surface area contributed by atoms with Gasteiger partial charge in [-0.1, -0.05) is 48.5 Å². The van der Waals surface area contributed by atoms with E-state index in [0.717, 1.165) is 22.3 Å². The minimum absolute atomic E-state index is 0.00295. The van der Waals surface area contributed by atoms with E-state index in [2.05, 4.69) is 24.3 Å². The number of likely N-dealkylation sites (tertiary alicyclic amines) is 2. The van der Waals surface area contributed by atoms with Gasteiger partial charge in [0.15, 0.2) is 0 Å². The molecule has 0 bridgehead atoms. The Morgan fingerprint density at radius 1 is 1.00 bits per heavy atom. The number of piperidine rings is 1. The highest BCUT2D eigenvalue weighted by molar-refractivity contribution is 5.82. The summed E-state index contributed by atoms with van der Waals surface area (Å²) in [6, 6.07) is 15.5. The number of carbonyl (C=O) groups is 3. The highest BCUT2D eigenvalue weighted by Crippen LogP contribution is 2.45. The lowest BCUT2D eigenvalue weighted by Gasteiger charge is -2.42. The number of carboxylic acid groups (broad SMARTS) is 1. The van der Waals surface area contributed by atoms with Crippen LogP contribution in [0.15, 0.2) is 48.5 Å². The molecule has 2 aliphatic heterocycles. The number of amides is 2. The largest absolute Gasteiger partial charge is 0.481 e. The van der Waals surface area contributed by atoms with Crippen molar-refractivity contribution >= 4 is 18.2 Å². The van der Waals surface area contributed by atoms with Gasteiger partial charge in [0.1, 0.15) is 17.6 Å². The van der Waals surface area contributed by atoms with E-state index in [1.165, 1.54) is 9.80 Å². The maximum Gasteiger partial charge on any atom is 0.410 e. The zero-order chi connectivity index (χ0) is 25.7. The Bertz CT molecular complexity index is 1160. The fraction of sp³-hybridized carbons (Fsp3) is 0.464. The third kappa shape index (κ3) is 4.08. The SMILES string of the molecule is CC(C)(C)OC(=O)N1CCC[C@]2(C(=O)O)CN(C(=O)OCC3c4ccccc4-c4ccccc43)C[C@H]12. The van der Waals surface area contributed by atoms with Crippen LogP contribution in [0.5, 0.6) is 0 Å². The molecule has 190 valence electrons. The molecule has 3 aliphatic rings. The molecule has 2 aromatic rings. The molecule has 0 saturated carbocycles. The molecule has 0 spiro atoms. The zero-order valence-electron chi connectivity index (χ0n) is 20.9. The van der Waals surface area contributed by atoms with Crippen LogP contribution in [-0.2, 0) is 14.3 Å². The quantitative estimate of drug-likeness (QED) is 0.666. The number of nitrogens with zero attached hydrogens (tertiary/aromatic N) is 2. The Morgan fingerprint density at radius 2 is 1.61 bits per heavy atom. The monoisotopic (exact) mass is 492 g/mol. The van der Waals surface area contributed by atoms with Gasteiger partial charge in [0.25, 0.3) is 0 Å². The number of carbonyl (C=O) groups excluding carboxylic acids is 2. The van der Waals surface area contributed by atoms with E-state index in [4.69, 9.17) is 9.47 Å². The van der Waals surface area contributed by atoms with Crippen LogP contribution >= 0.6 is 0 Å². The summed E-state index contributed by atoms with van der Waals surface area (Å²) in [5.41, 5.74) is 2.56. The molecule has 1 N–H and O–H groups in total. The predicted octanol–water partition coefficient (Wildman–Crippen LogP) is 4.72. The number of rotatable bonds is 3. The number of ether oxygens (including phenoxy) is 2. The second-order valence-corrected chi connectivity index (χ2v) is 10.9. The number of hydrogen-bond donors (Lipinski definition) is 1. The van der Waals surface area contributed by atoms with Crippen molar-refractivity contribution in [1.29, 1.82) is 0 Å². The van der Waals surface area contributed by atoms with Crippen LogP contribution in [0.1, 0.15) is 50.7 Å². The van der Waals surface area contributed by atoms with E-state index < -0.39 is 35.2 Å². The Kier molecular flexibility index (Phi) is 5.93. The maximum absolute atomic E-state index is 13.2. The van der Waals surface area contributed by atoms with Crippen molar-refractivity contribution < 1.29 is 29.0 Å². The lowest BCUT2D eigenvalue weighted by molar-refractivity contribution is -0.153. The first-order valence-electron chi connectivity index (χ1n) is 12.4. The van der Waals surface area contributed by atoms with E-state index >= 15 is 0 Å². The van der Waals surface area contributed by atoms with Gasteiger partial charge in [0, 0.05) is 25.6 Å². The van der Waals surface area contributed by atoms with E-state index in [9.17, 15) is 19.5 Å². The van der Waals surface area contributed by atoms with Gasteiger partial charge in [-0.05, 0) is 55.9 Å². The van der Waals surface area contributed by atoms with Gasteiger partial charge < -0.3 is 24.4 Å². The van der Waals surface area contributed by atoms with Crippen LogP contribution in [0, 0.1) is 5.41 Å². The van der Waals surface area contributed by atoms with Crippen molar-refractivity contribution in [2.24, 2.45) is 5.41 Å². The number of aliphatic carboxylic acids is 1. The van der Waals surface area contributed by atoms with Crippen molar-refractivity contribution in [3.63, 3.8) is 0 Å². The van der Waals surface area contributed by atoms with E-state index in [-0.39, 0.29) is 25.6 Å². The minimum atomic E-state index is -1.24. The summed E-state index contributed by atoms with van der Waals surface area (Å²) in [5.74, 6) is -1.09. The van der Waals surface area contributed by atoms with Crippen LogP contribution in [0.2, 0.25) is 0 Å². The summed E-state index contributed by atoms with van der Waals surface area (Å²) in [6.07, 6.45) is -0.191. The fourth-order valence-electron chi connectivity index (χ4n) is 5.94. The second-order valence-electron chi connectivity index (χ2n) is 10.9. The lowest BCUT2D eigenvalue weighted by Crippen LogP contribution is -2.57. The van der Waals surface area contributed by atoms with Crippen molar-refractivity contribution in [1.82, 2.24) is 9.80 Å². The molecule has 8 heteroatoms. The second kappa shape index (κ2) is 8.84. The van der Waals surface area contributed by atoms with E-state index in [1.54, 1.807) is 20.8 Å². The van der Waals surface area contributed by atoms with Gasteiger partial charge in [-0.15, -0.1) is 0 Å². The first-order valence-corrected chi connectivity index (χ1v) is 12.4. The minimum Gasteiger partial charge on any atom is -0.481 e. The van der Waals surface area contributed by atoms with Crippen molar-refractivity contribution in [3.8, 4) is 11.1 Å². The molecule has 2 fully saturated rings. The van der Waals surface area contributed by atoms with Crippen LogP contribution in [0.3, 0.4) is 0 Å². The normalized spacial score (nSPS) is 23.0. The van der Waals surface area contributed by atoms with Gasteiger partial charge in [0.2, 0.25) is 0 Å². The van der Waals surface area contributed by atoms with Gasteiger partial charge in [0.05, 0.1) is 6.04 Å². The molecule has 5 rings (SSSR count). The third-order valence-electron chi connectivity index (χ3n) is 7.55. The summed E-state index contributed by atoms with van der Waals surface area (Å²) in [5, 5.41) is 10.2. The molecule has 2 heterocycles. The highest BCUT2D eigenvalue weighted by atomic mass is 16.6.